The number of nitrogens with one attached hydrogen (secondary N) is 1. The zero-order chi connectivity index (χ0) is 15.6. The van der Waals surface area contributed by atoms with E-state index in [2.05, 4.69) is 5.32 Å². The van der Waals surface area contributed by atoms with Gasteiger partial charge in [0, 0.05) is 13.1 Å². The number of rotatable bonds is 4. The Morgan fingerprint density at radius 1 is 1.38 bits per heavy atom. The molecule has 2 rings (SSSR count). The number of ether oxygens (including phenoxy) is 2. The fraction of sp³-hybridized carbons (Fsp3) is 0.231. The zero-order valence-electron chi connectivity index (χ0n) is 11.8. The van der Waals surface area contributed by atoms with Gasteiger partial charge in [-0.15, -0.1) is 0 Å². The molecule has 0 spiro atoms. The lowest BCUT2D eigenvalue weighted by atomic mass is 10.2. The maximum atomic E-state index is 12.3. The van der Waals surface area contributed by atoms with Gasteiger partial charge in [-0.25, -0.2) is 0 Å². The molecule has 0 aliphatic rings. The number of nitrogens with two attached hydrogens (primary N) is 1. The number of hydrogen-bond acceptors (Lipinski definition) is 6. The molecule has 0 unspecified atom stereocenters. The molecule has 0 saturated heterocycles. The standard InChI is InChI=1S/C13H15N3O3S2/c1-16-11(14)10(21-13(16)20)12(17)15-8-6-7(18-2)4-5-9(8)19-3/h4-6H,14H2,1-3H3,(H,15,17). The largest absolute Gasteiger partial charge is 0.497 e. The first kappa shape index (κ1) is 15.3. The number of nitrogens with zero attached hydrogens (tertiary/aromatic N) is 1. The monoisotopic (exact) mass is 325 g/mol. The van der Waals surface area contributed by atoms with Gasteiger partial charge in [0.15, 0.2) is 3.95 Å². The lowest BCUT2D eigenvalue weighted by Crippen LogP contribution is -2.14. The predicted molar refractivity (Wildman–Crippen MR) is 86.0 cm³/mol. The Hall–Kier alpha value is -2.06. The number of nitrogen functional groups attached to an aromatic ring is 1. The molecule has 0 atom stereocenters. The van der Waals surface area contributed by atoms with Crippen molar-refractivity contribution >= 4 is 41.0 Å². The molecule has 6 nitrogen and oxygen atoms in total. The van der Waals surface area contributed by atoms with Crippen molar-refractivity contribution in [3.8, 4) is 11.5 Å². The molecule has 1 heterocycles. The van der Waals surface area contributed by atoms with Crippen molar-refractivity contribution in [1.29, 1.82) is 0 Å². The van der Waals surface area contributed by atoms with Crippen LogP contribution in [0, 0.1) is 3.95 Å². The molecule has 3 N–H and O–H groups in total. The van der Waals surface area contributed by atoms with E-state index in [4.69, 9.17) is 27.4 Å². The number of benzene rings is 1. The van der Waals surface area contributed by atoms with Gasteiger partial charge in [0.1, 0.15) is 22.2 Å². The van der Waals surface area contributed by atoms with E-state index in [9.17, 15) is 4.79 Å². The van der Waals surface area contributed by atoms with E-state index in [1.807, 2.05) is 0 Å². The van der Waals surface area contributed by atoms with E-state index in [1.165, 1.54) is 7.11 Å². The van der Waals surface area contributed by atoms with Gasteiger partial charge in [0.2, 0.25) is 0 Å². The van der Waals surface area contributed by atoms with Crippen LogP contribution in [-0.2, 0) is 7.05 Å². The number of methoxy groups -OCH3 is 2. The van der Waals surface area contributed by atoms with Gasteiger partial charge < -0.3 is 25.1 Å². The van der Waals surface area contributed by atoms with Crippen molar-refractivity contribution in [2.75, 3.05) is 25.3 Å². The Kier molecular flexibility index (Phi) is 4.49. The summed E-state index contributed by atoms with van der Waals surface area (Å²) in [7, 11) is 4.80. The van der Waals surface area contributed by atoms with Crippen LogP contribution in [-0.4, -0.2) is 24.7 Å². The Morgan fingerprint density at radius 3 is 2.62 bits per heavy atom. The molecule has 2 aromatic rings. The number of carbonyl (C=O) groups excluding carboxylic acids is 1. The lowest BCUT2D eigenvalue weighted by Gasteiger charge is -2.11. The summed E-state index contributed by atoms with van der Waals surface area (Å²) in [6.07, 6.45) is 0. The van der Waals surface area contributed by atoms with Crippen LogP contribution < -0.4 is 20.5 Å². The molecule has 0 radical (unpaired) electrons. The number of aromatic nitrogens is 1. The SMILES string of the molecule is COc1ccc(OC)c(NC(=O)c2sc(=S)n(C)c2N)c1. The van der Waals surface area contributed by atoms with E-state index < -0.39 is 0 Å². The number of carbonyl (C=O) groups is 1. The lowest BCUT2D eigenvalue weighted by molar-refractivity contribution is 0.103. The fourth-order valence-corrected chi connectivity index (χ4v) is 2.86. The number of thiazole rings is 1. The smallest absolute Gasteiger partial charge is 0.269 e. The summed E-state index contributed by atoms with van der Waals surface area (Å²) in [6, 6.07) is 5.13. The average molecular weight is 325 g/mol. The van der Waals surface area contributed by atoms with E-state index in [-0.39, 0.29) is 5.91 Å². The van der Waals surface area contributed by atoms with Crippen molar-refractivity contribution in [3.63, 3.8) is 0 Å². The molecule has 112 valence electrons. The van der Waals surface area contributed by atoms with Crippen molar-refractivity contribution in [2.45, 2.75) is 0 Å². The maximum absolute atomic E-state index is 12.3. The summed E-state index contributed by atoms with van der Waals surface area (Å²) in [5.74, 6) is 1.14. The molecule has 0 fully saturated rings. The van der Waals surface area contributed by atoms with Crippen LogP contribution in [0.25, 0.3) is 0 Å². The third-order valence-corrected chi connectivity index (χ3v) is 4.49. The van der Waals surface area contributed by atoms with Crippen molar-refractivity contribution in [2.24, 2.45) is 7.05 Å². The molecule has 0 bridgehead atoms. The van der Waals surface area contributed by atoms with Crippen LogP contribution >= 0.6 is 23.6 Å². The Labute approximate surface area is 131 Å². The van der Waals surface area contributed by atoms with Gasteiger partial charge in [-0.3, -0.25) is 4.79 Å². The summed E-state index contributed by atoms with van der Waals surface area (Å²) in [4.78, 5) is 12.7. The van der Waals surface area contributed by atoms with Crippen LogP contribution in [0.3, 0.4) is 0 Å². The molecule has 1 aromatic heterocycles. The van der Waals surface area contributed by atoms with Gasteiger partial charge in [0.05, 0.1) is 19.9 Å². The molecule has 1 amide bonds. The number of amides is 1. The normalized spacial score (nSPS) is 10.2. The summed E-state index contributed by atoms with van der Waals surface area (Å²) in [6.45, 7) is 0. The van der Waals surface area contributed by atoms with Gasteiger partial charge >= 0.3 is 0 Å². The summed E-state index contributed by atoms with van der Waals surface area (Å²) in [5, 5.41) is 2.76. The minimum Gasteiger partial charge on any atom is -0.497 e. The highest BCUT2D eigenvalue weighted by Crippen LogP contribution is 2.30. The maximum Gasteiger partial charge on any atom is 0.269 e. The highest BCUT2D eigenvalue weighted by molar-refractivity contribution is 7.73. The molecular weight excluding hydrogens is 310 g/mol. The summed E-state index contributed by atoms with van der Waals surface area (Å²) in [5.41, 5.74) is 6.38. The van der Waals surface area contributed by atoms with Crippen LogP contribution in [0.4, 0.5) is 11.5 Å². The minimum atomic E-state index is -0.337. The van der Waals surface area contributed by atoms with Crippen LogP contribution in [0.15, 0.2) is 18.2 Å². The van der Waals surface area contributed by atoms with Crippen LogP contribution in [0.2, 0.25) is 0 Å². The number of hydrogen-bond donors (Lipinski definition) is 2. The van der Waals surface area contributed by atoms with E-state index in [0.717, 1.165) is 11.3 Å². The zero-order valence-corrected chi connectivity index (χ0v) is 13.4. The second-order valence-corrected chi connectivity index (χ2v) is 5.81. The third kappa shape index (κ3) is 3.01. The molecule has 21 heavy (non-hydrogen) atoms. The Balaban J connectivity index is 2.34. The molecule has 0 aliphatic carbocycles. The van der Waals surface area contributed by atoms with Gasteiger partial charge in [0.25, 0.3) is 5.91 Å². The van der Waals surface area contributed by atoms with Gasteiger partial charge in [-0.05, 0) is 24.4 Å². The second kappa shape index (κ2) is 6.15. The van der Waals surface area contributed by atoms with E-state index in [0.29, 0.717) is 31.8 Å². The second-order valence-electron chi connectivity index (χ2n) is 4.16. The predicted octanol–water partition coefficient (Wildman–Crippen LogP) is 2.67. The number of anilines is 2. The molecule has 0 aliphatic heterocycles. The molecule has 8 heteroatoms. The third-order valence-electron chi connectivity index (χ3n) is 2.92. The molecular formula is C13H15N3O3S2. The Morgan fingerprint density at radius 2 is 2.10 bits per heavy atom. The van der Waals surface area contributed by atoms with Crippen LogP contribution in [0.1, 0.15) is 9.67 Å². The van der Waals surface area contributed by atoms with Crippen molar-refractivity contribution < 1.29 is 14.3 Å². The quantitative estimate of drug-likeness (QED) is 0.845. The molecule has 1 aromatic carbocycles. The van der Waals surface area contributed by atoms with Crippen molar-refractivity contribution in [1.82, 2.24) is 4.57 Å². The average Bonchev–Trinajstić information content (AvgIpc) is 2.74. The summed E-state index contributed by atoms with van der Waals surface area (Å²) < 4.78 is 12.5. The Bertz CT molecular complexity index is 737. The van der Waals surface area contributed by atoms with Gasteiger partial charge in [-0.2, -0.15) is 0 Å². The highest BCUT2D eigenvalue weighted by atomic mass is 32.1. The molecule has 0 saturated carbocycles. The fourth-order valence-electron chi connectivity index (χ4n) is 1.71. The first-order chi connectivity index (χ1) is 9.97. The van der Waals surface area contributed by atoms with Crippen LogP contribution in [0.5, 0.6) is 11.5 Å². The topological polar surface area (TPSA) is 78.5 Å². The van der Waals surface area contributed by atoms with E-state index >= 15 is 0 Å². The first-order valence-electron chi connectivity index (χ1n) is 5.96. The van der Waals surface area contributed by atoms with Crippen molar-refractivity contribution in [3.05, 3.63) is 27.0 Å². The van der Waals surface area contributed by atoms with E-state index in [1.54, 1.807) is 36.9 Å². The minimum absolute atomic E-state index is 0.337. The summed E-state index contributed by atoms with van der Waals surface area (Å²) >= 11 is 6.27. The highest BCUT2D eigenvalue weighted by Gasteiger charge is 2.17. The first-order valence-corrected chi connectivity index (χ1v) is 7.19. The van der Waals surface area contributed by atoms with Gasteiger partial charge in [-0.1, -0.05) is 11.3 Å².